The topological polar surface area (TPSA) is 21.3 Å². The van der Waals surface area contributed by atoms with Crippen LogP contribution in [0.15, 0.2) is 0 Å². The van der Waals surface area contributed by atoms with Crippen LogP contribution in [0.5, 0.6) is 0 Å². The fourth-order valence-electron chi connectivity index (χ4n) is 1.11. The molecule has 14 heavy (non-hydrogen) atoms. The van der Waals surface area contributed by atoms with E-state index in [0.29, 0.717) is 5.92 Å². The minimum absolute atomic E-state index is 0.638. The summed E-state index contributed by atoms with van der Waals surface area (Å²) in [6.45, 7) is 8.08. The molecule has 86 valence electrons. The smallest absolute Gasteiger partial charge is 0.0591 e. The van der Waals surface area contributed by atoms with Gasteiger partial charge in [-0.2, -0.15) is 0 Å². The highest BCUT2D eigenvalue weighted by molar-refractivity contribution is 6.17. The van der Waals surface area contributed by atoms with Gasteiger partial charge in [0, 0.05) is 19.0 Å². The number of halogens is 1. The molecule has 0 aliphatic heterocycles. The van der Waals surface area contributed by atoms with Gasteiger partial charge in [-0.05, 0) is 25.3 Å². The summed E-state index contributed by atoms with van der Waals surface area (Å²) in [5.41, 5.74) is 0. The molecule has 0 saturated carbocycles. The van der Waals surface area contributed by atoms with Crippen LogP contribution in [0.2, 0.25) is 0 Å². The molecule has 1 N–H and O–H groups in total. The van der Waals surface area contributed by atoms with Gasteiger partial charge in [0.2, 0.25) is 0 Å². The average molecular weight is 222 g/mol. The van der Waals surface area contributed by atoms with E-state index in [4.69, 9.17) is 16.3 Å². The summed E-state index contributed by atoms with van der Waals surface area (Å²) in [6.07, 6.45) is 3.58. The Morgan fingerprint density at radius 2 is 1.93 bits per heavy atom. The third-order valence-electron chi connectivity index (χ3n) is 1.86. The highest BCUT2D eigenvalue weighted by atomic mass is 35.5. The number of hydrogen-bond donors (Lipinski definition) is 1. The predicted octanol–water partition coefficient (Wildman–Crippen LogP) is 2.66. The van der Waals surface area contributed by atoms with Crippen molar-refractivity contribution in [3.05, 3.63) is 0 Å². The first-order valence-corrected chi connectivity index (χ1v) is 6.15. The fourth-order valence-corrected chi connectivity index (χ4v) is 1.30. The molecule has 0 atom stereocenters. The molecule has 0 radical (unpaired) electrons. The zero-order valence-corrected chi connectivity index (χ0v) is 10.3. The zero-order chi connectivity index (χ0) is 10.6. The Hall–Kier alpha value is 0.210. The Morgan fingerprint density at radius 1 is 1.14 bits per heavy atom. The van der Waals surface area contributed by atoms with Gasteiger partial charge in [-0.1, -0.05) is 20.3 Å². The molecule has 0 aromatic carbocycles. The predicted molar refractivity (Wildman–Crippen MR) is 63.1 cm³/mol. The van der Waals surface area contributed by atoms with Crippen molar-refractivity contribution in [2.75, 3.05) is 32.2 Å². The average Bonchev–Trinajstić information content (AvgIpc) is 2.15. The van der Waals surface area contributed by atoms with E-state index < -0.39 is 0 Å². The molecule has 2 nitrogen and oxygen atoms in total. The van der Waals surface area contributed by atoms with Crippen molar-refractivity contribution in [1.29, 1.82) is 0 Å². The van der Waals surface area contributed by atoms with Crippen molar-refractivity contribution in [3.63, 3.8) is 0 Å². The van der Waals surface area contributed by atoms with E-state index in [1.165, 1.54) is 12.8 Å². The molecule has 0 rings (SSSR count). The molecule has 0 amide bonds. The van der Waals surface area contributed by atoms with E-state index in [1.807, 2.05) is 0 Å². The number of hydrogen-bond acceptors (Lipinski definition) is 2. The molecular formula is C11H24ClNO. The van der Waals surface area contributed by atoms with Crippen LogP contribution < -0.4 is 5.32 Å². The van der Waals surface area contributed by atoms with Crippen LogP contribution in [0.3, 0.4) is 0 Å². The minimum Gasteiger partial charge on any atom is -0.380 e. The van der Waals surface area contributed by atoms with Crippen LogP contribution in [0.1, 0.15) is 33.1 Å². The Bertz CT molecular complexity index is 109. The molecule has 0 saturated heterocycles. The summed E-state index contributed by atoms with van der Waals surface area (Å²) in [7, 11) is 0. The summed E-state index contributed by atoms with van der Waals surface area (Å²) < 4.78 is 5.44. The van der Waals surface area contributed by atoms with Gasteiger partial charge < -0.3 is 10.1 Å². The zero-order valence-electron chi connectivity index (χ0n) is 9.52. The first-order valence-electron chi connectivity index (χ1n) is 5.61. The van der Waals surface area contributed by atoms with Crippen LogP contribution in [-0.4, -0.2) is 32.2 Å². The Kier molecular flexibility index (Phi) is 11.5. The first-order chi connectivity index (χ1) is 6.77. The quantitative estimate of drug-likeness (QED) is 0.453. The second kappa shape index (κ2) is 11.3. The number of alkyl halides is 1. The van der Waals surface area contributed by atoms with E-state index in [2.05, 4.69) is 19.2 Å². The third kappa shape index (κ3) is 12.2. The molecule has 0 aliphatic carbocycles. The minimum atomic E-state index is 0.638. The van der Waals surface area contributed by atoms with Crippen molar-refractivity contribution in [2.24, 2.45) is 5.92 Å². The number of nitrogens with one attached hydrogen (secondary N) is 1. The maximum absolute atomic E-state index is 5.57. The Morgan fingerprint density at radius 3 is 2.57 bits per heavy atom. The molecular weight excluding hydrogens is 198 g/mol. The normalized spacial score (nSPS) is 11.1. The maximum Gasteiger partial charge on any atom is 0.0591 e. The van der Waals surface area contributed by atoms with Crippen LogP contribution in [0, 0.1) is 5.92 Å². The van der Waals surface area contributed by atoms with E-state index in [9.17, 15) is 0 Å². The van der Waals surface area contributed by atoms with Crippen molar-refractivity contribution < 1.29 is 4.74 Å². The summed E-state index contributed by atoms with van der Waals surface area (Å²) in [5.74, 6) is 1.43. The first kappa shape index (κ1) is 14.2. The monoisotopic (exact) mass is 221 g/mol. The molecule has 0 unspecified atom stereocenters. The number of rotatable bonds is 10. The molecule has 0 aliphatic rings. The second-order valence-corrected chi connectivity index (χ2v) is 4.35. The van der Waals surface area contributed by atoms with Gasteiger partial charge in [0.25, 0.3) is 0 Å². The lowest BCUT2D eigenvalue weighted by molar-refractivity contribution is 0.112. The van der Waals surface area contributed by atoms with Crippen molar-refractivity contribution >= 4 is 11.6 Å². The summed E-state index contributed by atoms with van der Waals surface area (Å²) in [6, 6.07) is 0. The molecule has 0 bridgehead atoms. The van der Waals surface area contributed by atoms with Gasteiger partial charge in [0.05, 0.1) is 6.61 Å². The second-order valence-electron chi connectivity index (χ2n) is 3.97. The van der Waals surface area contributed by atoms with Gasteiger partial charge in [0.15, 0.2) is 0 Å². The van der Waals surface area contributed by atoms with Gasteiger partial charge in [-0.15, -0.1) is 11.6 Å². The van der Waals surface area contributed by atoms with E-state index >= 15 is 0 Å². The number of unbranched alkanes of at least 4 members (excludes halogenated alkanes) is 2. The van der Waals surface area contributed by atoms with Crippen LogP contribution in [0.4, 0.5) is 0 Å². The van der Waals surface area contributed by atoms with Gasteiger partial charge in [0.1, 0.15) is 0 Å². The molecule has 0 heterocycles. The van der Waals surface area contributed by atoms with Crippen LogP contribution in [0.25, 0.3) is 0 Å². The largest absolute Gasteiger partial charge is 0.380 e. The molecule has 0 spiro atoms. The van der Waals surface area contributed by atoms with Crippen molar-refractivity contribution in [3.8, 4) is 0 Å². The summed E-state index contributed by atoms with van der Waals surface area (Å²) in [5, 5.41) is 3.35. The van der Waals surface area contributed by atoms with Crippen molar-refractivity contribution in [1.82, 2.24) is 5.32 Å². The SMILES string of the molecule is CC(C)COCCNCCCCCCl. The lowest BCUT2D eigenvalue weighted by Gasteiger charge is -2.07. The lowest BCUT2D eigenvalue weighted by Crippen LogP contribution is -2.21. The molecule has 0 aromatic heterocycles. The molecule has 0 aromatic rings. The van der Waals surface area contributed by atoms with E-state index in [1.54, 1.807) is 0 Å². The van der Waals surface area contributed by atoms with E-state index in [-0.39, 0.29) is 0 Å². The van der Waals surface area contributed by atoms with Crippen LogP contribution in [-0.2, 0) is 4.74 Å². The lowest BCUT2D eigenvalue weighted by atomic mass is 10.2. The van der Waals surface area contributed by atoms with Crippen molar-refractivity contribution in [2.45, 2.75) is 33.1 Å². The van der Waals surface area contributed by atoms with E-state index in [0.717, 1.165) is 38.6 Å². The third-order valence-corrected chi connectivity index (χ3v) is 2.13. The summed E-state index contributed by atoms with van der Waals surface area (Å²) >= 11 is 5.57. The van der Waals surface area contributed by atoms with Gasteiger partial charge >= 0.3 is 0 Å². The maximum atomic E-state index is 5.57. The van der Waals surface area contributed by atoms with Crippen LogP contribution >= 0.6 is 11.6 Å². The fraction of sp³-hybridized carbons (Fsp3) is 1.00. The van der Waals surface area contributed by atoms with Gasteiger partial charge in [-0.25, -0.2) is 0 Å². The highest BCUT2D eigenvalue weighted by Crippen LogP contribution is 1.95. The number of ether oxygens (including phenoxy) is 1. The highest BCUT2D eigenvalue weighted by Gasteiger charge is 1.93. The van der Waals surface area contributed by atoms with Gasteiger partial charge in [-0.3, -0.25) is 0 Å². The Labute approximate surface area is 93.4 Å². The molecule has 0 fully saturated rings. The molecule has 3 heteroatoms. The summed E-state index contributed by atoms with van der Waals surface area (Å²) in [4.78, 5) is 0. The standard InChI is InChI=1S/C11H24ClNO/c1-11(2)10-14-9-8-13-7-5-3-4-6-12/h11,13H,3-10H2,1-2H3. The Balaban J connectivity index is 2.85.